The van der Waals surface area contributed by atoms with Gasteiger partial charge in [0.1, 0.15) is 5.01 Å². The smallest absolute Gasteiger partial charge is 0.231 e. The molecule has 6 rings (SSSR count). The molecule has 4 heterocycles. The van der Waals surface area contributed by atoms with E-state index in [1.807, 2.05) is 47.8 Å². The third-order valence-corrected chi connectivity index (χ3v) is 6.91. The summed E-state index contributed by atoms with van der Waals surface area (Å²) in [5.41, 5.74) is 4.12. The van der Waals surface area contributed by atoms with Gasteiger partial charge in [-0.3, -0.25) is 14.6 Å². The van der Waals surface area contributed by atoms with Gasteiger partial charge in [-0.2, -0.15) is 0 Å². The summed E-state index contributed by atoms with van der Waals surface area (Å²) >= 11 is 1.56. The van der Waals surface area contributed by atoms with E-state index in [1.54, 1.807) is 40.8 Å². The van der Waals surface area contributed by atoms with Crippen molar-refractivity contribution in [1.29, 1.82) is 0 Å². The van der Waals surface area contributed by atoms with Crippen LogP contribution in [0.25, 0.3) is 21.8 Å². The molecule has 9 heteroatoms. The fraction of sp³-hybridized carbons (Fsp3) is 0.154. The number of ether oxygens (including phenoxy) is 2. The highest BCUT2D eigenvalue weighted by atomic mass is 32.1. The van der Waals surface area contributed by atoms with Crippen LogP contribution in [0, 0.1) is 5.92 Å². The zero-order chi connectivity index (χ0) is 23.8. The zero-order valence-corrected chi connectivity index (χ0v) is 19.3. The summed E-state index contributed by atoms with van der Waals surface area (Å²) in [5, 5.41) is 5.87. The molecule has 1 N–H and O–H groups in total. The van der Waals surface area contributed by atoms with E-state index in [0.29, 0.717) is 29.4 Å². The minimum absolute atomic E-state index is 0.0936. The Hall–Kier alpha value is -4.24. The average Bonchev–Trinajstić information content (AvgIpc) is 3.64. The Bertz CT molecular complexity index is 1420. The summed E-state index contributed by atoms with van der Waals surface area (Å²) < 4.78 is 10.8. The number of anilines is 2. The van der Waals surface area contributed by atoms with Crippen molar-refractivity contribution in [1.82, 2.24) is 9.97 Å². The molecule has 35 heavy (non-hydrogen) atoms. The molecule has 0 bridgehead atoms. The predicted molar refractivity (Wildman–Crippen MR) is 132 cm³/mol. The van der Waals surface area contributed by atoms with Crippen molar-refractivity contribution in [3.8, 4) is 33.3 Å². The monoisotopic (exact) mass is 484 g/mol. The van der Waals surface area contributed by atoms with Gasteiger partial charge in [0, 0.05) is 59.3 Å². The Balaban J connectivity index is 1.15. The molecule has 0 spiro atoms. The van der Waals surface area contributed by atoms with Crippen molar-refractivity contribution < 1.29 is 19.1 Å². The molecular formula is C26H20N4O4S. The van der Waals surface area contributed by atoms with Gasteiger partial charge in [-0.15, -0.1) is 11.3 Å². The second-order valence-electron chi connectivity index (χ2n) is 8.29. The summed E-state index contributed by atoms with van der Waals surface area (Å²) in [6.45, 7) is 0.480. The van der Waals surface area contributed by atoms with Crippen LogP contribution >= 0.6 is 11.3 Å². The molecule has 8 nitrogen and oxygen atoms in total. The van der Waals surface area contributed by atoms with E-state index in [9.17, 15) is 9.59 Å². The largest absolute Gasteiger partial charge is 0.454 e. The first-order valence-corrected chi connectivity index (χ1v) is 12.0. The highest BCUT2D eigenvalue weighted by Crippen LogP contribution is 2.37. The van der Waals surface area contributed by atoms with E-state index in [0.717, 1.165) is 21.8 Å². The molecular weight excluding hydrogens is 464 g/mol. The minimum Gasteiger partial charge on any atom is -0.454 e. The van der Waals surface area contributed by atoms with Gasteiger partial charge < -0.3 is 19.7 Å². The maximum atomic E-state index is 13.0. The molecule has 0 saturated carbocycles. The van der Waals surface area contributed by atoms with Crippen LogP contribution in [0.2, 0.25) is 0 Å². The lowest BCUT2D eigenvalue weighted by Crippen LogP contribution is -2.28. The van der Waals surface area contributed by atoms with Gasteiger partial charge in [-0.25, -0.2) is 4.98 Å². The maximum absolute atomic E-state index is 13.0. The van der Waals surface area contributed by atoms with Crippen LogP contribution in [0.5, 0.6) is 11.5 Å². The third-order valence-electron chi connectivity index (χ3n) is 6.02. The first kappa shape index (κ1) is 21.3. The van der Waals surface area contributed by atoms with Crippen LogP contribution in [-0.2, 0) is 9.59 Å². The average molecular weight is 485 g/mol. The molecule has 0 aliphatic carbocycles. The number of rotatable bonds is 5. The molecule has 2 amide bonds. The first-order valence-electron chi connectivity index (χ1n) is 11.1. The van der Waals surface area contributed by atoms with Crippen LogP contribution in [0.4, 0.5) is 11.4 Å². The number of aromatic nitrogens is 2. The van der Waals surface area contributed by atoms with Gasteiger partial charge in [0.15, 0.2) is 11.5 Å². The van der Waals surface area contributed by atoms with Gasteiger partial charge >= 0.3 is 0 Å². The predicted octanol–water partition coefficient (Wildman–Crippen LogP) is 4.59. The van der Waals surface area contributed by atoms with E-state index in [1.165, 1.54) is 0 Å². The highest BCUT2D eigenvalue weighted by molar-refractivity contribution is 7.13. The number of nitrogens with one attached hydrogen (secondary N) is 1. The van der Waals surface area contributed by atoms with Crippen molar-refractivity contribution in [3.05, 3.63) is 72.4 Å². The number of pyridine rings is 1. The van der Waals surface area contributed by atoms with Gasteiger partial charge in [0.05, 0.1) is 11.6 Å². The van der Waals surface area contributed by atoms with E-state index in [-0.39, 0.29) is 25.0 Å². The molecule has 1 fully saturated rings. The number of amides is 2. The Labute approximate surface area is 205 Å². The van der Waals surface area contributed by atoms with Crippen LogP contribution in [0.3, 0.4) is 0 Å². The summed E-state index contributed by atoms with van der Waals surface area (Å²) in [6.07, 6.45) is 3.64. The van der Waals surface area contributed by atoms with Crippen LogP contribution in [0.1, 0.15) is 6.42 Å². The molecule has 2 aliphatic rings. The van der Waals surface area contributed by atoms with Crippen LogP contribution < -0.4 is 19.7 Å². The molecule has 1 unspecified atom stereocenters. The van der Waals surface area contributed by atoms with Crippen LogP contribution in [-0.4, -0.2) is 35.1 Å². The summed E-state index contributed by atoms with van der Waals surface area (Å²) in [7, 11) is 0. The molecule has 0 radical (unpaired) electrons. The quantitative estimate of drug-likeness (QED) is 0.445. The van der Waals surface area contributed by atoms with Gasteiger partial charge in [0.2, 0.25) is 18.6 Å². The summed E-state index contributed by atoms with van der Waals surface area (Å²) in [4.78, 5) is 36.1. The maximum Gasteiger partial charge on any atom is 0.231 e. The van der Waals surface area contributed by atoms with Crippen molar-refractivity contribution in [2.75, 3.05) is 23.6 Å². The van der Waals surface area contributed by atoms with E-state index in [2.05, 4.69) is 10.3 Å². The number of fused-ring (bicyclic) bond motifs is 1. The second-order valence-corrected chi connectivity index (χ2v) is 9.14. The van der Waals surface area contributed by atoms with Crippen molar-refractivity contribution in [2.45, 2.75) is 6.42 Å². The highest BCUT2D eigenvalue weighted by Gasteiger charge is 2.35. The summed E-state index contributed by atoms with van der Waals surface area (Å²) in [5.74, 6) is 0.532. The van der Waals surface area contributed by atoms with Crippen LogP contribution in [0.15, 0.2) is 72.4 Å². The molecule has 2 aliphatic heterocycles. The fourth-order valence-corrected chi connectivity index (χ4v) is 5.06. The van der Waals surface area contributed by atoms with E-state index < -0.39 is 5.92 Å². The Morgan fingerprint density at radius 1 is 1.03 bits per heavy atom. The Morgan fingerprint density at radius 2 is 1.89 bits per heavy atom. The van der Waals surface area contributed by atoms with Crippen molar-refractivity contribution in [3.63, 3.8) is 0 Å². The standard InChI is InChI=1S/C26H20N4O4S/c31-24-11-18(13-30(24)20-4-5-22-23(12-20)34-15-33-22)25(32)28-19-3-1-2-17(10-19)21-14-35-26(29-21)16-6-8-27-9-7-16/h1-10,12,14,18H,11,13,15H2,(H,28,32). The van der Waals surface area contributed by atoms with Crippen molar-refractivity contribution >= 4 is 34.5 Å². The molecule has 1 saturated heterocycles. The molecule has 2 aromatic heterocycles. The number of nitrogens with zero attached hydrogens (tertiary/aromatic N) is 3. The van der Waals surface area contributed by atoms with Gasteiger partial charge in [0.25, 0.3) is 0 Å². The molecule has 1 atom stereocenters. The lowest BCUT2D eigenvalue weighted by molar-refractivity contribution is -0.122. The third kappa shape index (κ3) is 4.22. The molecule has 4 aromatic rings. The van der Waals surface area contributed by atoms with E-state index in [4.69, 9.17) is 14.5 Å². The summed E-state index contributed by atoms with van der Waals surface area (Å²) in [6, 6.07) is 16.8. The molecule has 174 valence electrons. The fourth-order valence-electron chi connectivity index (χ4n) is 4.22. The SMILES string of the molecule is O=C(Nc1cccc(-c2csc(-c3ccncc3)n2)c1)C1CC(=O)N(c2ccc3c(c2)OCO3)C1. The number of benzene rings is 2. The van der Waals surface area contributed by atoms with Crippen molar-refractivity contribution in [2.24, 2.45) is 5.92 Å². The number of hydrogen-bond acceptors (Lipinski definition) is 7. The molecule has 2 aromatic carbocycles. The zero-order valence-electron chi connectivity index (χ0n) is 18.5. The Morgan fingerprint density at radius 3 is 2.77 bits per heavy atom. The first-order chi connectivity index (χ1) is 17.1. The minimum atomic E-state index is -0.450. The number of carbonyl (C=O) groups is 2. The van der Waals surface area contributed by atoms with E-state index >= 15 is 0 Å². The topological polar surface area (TPSA) is 93.7 Å². The normalized spacial score (nSPS) is 16.5. The number of carbonyl (C=O) groups excluding carboxylic acids is 2. The lowest BCUT2D eigenvalue weighted by atomic mass is 10.1. The van der Waals surface area contributed by atoms with Gasteiger partial charge in [-0.05, 0) is 36.4 Å². The number of hydrogen-bond donors (Lipinski definition) is 1. The Kier molecular flexibility index (Phi) is 5.38. The lowest BCUT2D eigenvalue weighted by Gasteiger charge is -2.17. The second kappa shape index (κ2) is 8.84. The van der Waals surface area contributed by atoms with Gasteiger partial charge in [-0.1, -0.05) is 12.1 Å². The number of thiazole rings is 1.